The summed E-state index contributed by atoms with van der Waals surface area (Å²) < 4.78 is 7.82. The van der Waals surface area contributed by atoms with E-state index < -0.39 is 6.09 Å². The molecule has 198 valence electrons. The zero-order chi connectivity index (χ0) is 27.4. The number of ether oxygens (including phenoxy) is 1. The van der Waals surface area contributed by atoms with E-state index in [0.29, 0.717) is 16.7 Å². The quantitative estimate of drug-likeness (QED) is 0.506. The van der Waals surface area contributed by atoms with Gasteiger partial charge in [-0.15, -0.1) is 4.99 Å². The molecule has 0 saturated carbocycles. The first-order chi connectivity index (χ1) is 16.6. The number of phenolic OH excluding ortho intramolecular Hbond substituents is 1. The van der Waals surface area contributed by atoms with E-state index in [4.69, 9.17) is 4.74 Å². The molecule has 0 aliphatic heterocycles. The highest BCUT2D eigenvalue weighted by atomic mass is 16.5. The van der Waals surface area contributed by atoms with Gasteiger partial charge in [-0.2, -0.15) is 0 Å². The monoisotopic (exact) mass is 499 g/mol. The Labute approximate surface area is 214 Å². The third-order valence-corrected chi connectivity index (χ3v) is 6.44. The van der Waals surface area contributed by atoms with E-state index in [0.717, 1.165) is 12.8 Å². The van der Waals surface area contributed by atoms with Crippen molar-refractivity contribution < 1.29 is 24.2 Å². The average molecular weight is 500 g/mol. The van der Waals surface area contributed by atoms with Crippen molar-refractivity contribution in [3.05, 3.63) is 46.8 Å². The van der Waals surface area contributed by atoms with Gasteiger partial charge >= 0.3 is 6.09 Å². The van der Waals surface area contributed by atoms with E-state index in [-0.39, 0.29) is 52.8 Å². The molecule has 0 saturated heterocycles. The van der Waals surface area contributed by atoms with Crippen LogP contribution in [-0.2, 0) is 33.5 Å². The molecular weight excluding hydrogens is 458 g/mol. The average Bonchev–Trinajstić information content (AvgIpc) is 3.13. The summed E-state index contributed by atoms with van der Waals surface area (Å²) in [6.07, 6.45) is 3.92. The van der Waals surface area contributed by atoms with E-state index in [1.165, 1.54) is 7.11 Å². The van der Waals surface area contributed by atoms with Gasteiger partial charge in [0, 0.05) is 35.0 Å². The number of imidazole rings is 1. The van der Waals surface area contributed by atoms with Crippen molar-refractivity contribution in [2.24, 2.45) is 10.9 Å². The topological polar surface area (TPSA) is 103 Å². The van der Waals surface area contributed by atoms with Crippen molar-refractivity contribution >= 4 is 17.7 Å². The van der Waals surface area contributed by atoms with E-state index in [2.05, 4.69) is 4.99 Å². The van der Waals surface area contributed by atoms with Crippen LogP contribution in [0.5, 0.6) is 5.75 Å². The summed E-state index contributed by atoms with van der Waals surface area (Å²) in [4.78, 5) is 42.2. The Hall–Kier alpha value is -3.16. The molecule has 8 nitrogen and oxygen atoms in total. The van der Waals surface area contributed by atoms with Crippen LogP contribution in [0.15, 0.2) is 29.5 Å². The van der Waals surface area contributed by atoms with Crippen LogP contribution in [0.25, 0.3) is 0 Å². The third kappa shape index (κ3) is 6.74. The number of hydrogen-bond acceptors (Lipinski definition) is 5. The number of aromatic hydroxyl groups is 1. The summed E-state index contributed by atoms with van der Waals surface area (Å²) in [6, 6.07) is 3.47. The number of carbonyl (C=O) groups is 3. The number of Topliss-reactive ketones (excluding diaryl/α,β-unsaturated/α-hetero) is 2. The summed E-state index contributed by atoms with van der Waals surface area (Å²) in [7, 11) is 1.22. The minimum absolute atomic E-state index is 0.0403. The third-order valence-electron chi connectivity index (χ3n) is 6.44. The van der Waals surface area contributed by atoms with Gasteiger partial charge in [0.15, 0.2) is 11.6 Å². The number of benzene rings is 1. The summed E-state index contributed by atoms with van der Waals surface area (Å²) in [6.45, 7) is 15.8. The van der Waals surface area contributed by atoms with Crippen LogP contribution in [0, 0.1) is 5.92 Å². The Morgan fingerprint density at radius 2 is 1.39 bits per heavy atom. The number of phenols is 1. The van der Waals surface area contributed by atoms with Crippen molar-refractivity contribution in [2.45, 2.75) is 92.2 Å². The predicted octanol–water partition coefficient (Wildman–Crippen LogP) is 5.15. The van der Waals surface area contributed by atoms with Gasteiger partial charge in [0.05, 0.1) is 20.2 Å². The molecule has 0 unspecified atom stereocenters. The second kappa shape index (κ2) is 11.3. The van der Waals surface area contributed by atoms with E-state index in [1.54, 1.807) is 33.7 Å². The number of amides is 1. The van der Waals surface area contributed by atoms with Gasteiger partial charge in [-0.25, -0.2) is 4.79 Å². The number of rotatable bonds is 8. The highest BCUT2D eigenvalue weighted by Crippen LogP contribution is 2.39. The number of aromatic nitrogens is 2. The molecule has 0 radical (unpaired) electrons. The van der Waals surface area contributed by atoms with Gasteiger partial charge in [-0.3, -0.25) is 9.59 Å². The zero-order valence-electron chi connectivity index (χ0n) is 23.1. The molecule has 0 aliphatic carbocycles. The second-order valence-electron chi connectivity index (χ2n) is 11.3. The van der Waals surface area contributed by atoms with Crippen molar-refractivity contribution in [2.75, 3.05) is 7.11 Å². The molecule has 0 fully saturated rings. The number of carbonyl (C=O) groups excluding carboxylic acids is 3. The first-order valence-corrected chi connectivity index (χ1v) is 12.5. The lowest BCUT2D eigenvalue weighted by Gasteiger charge is -2.28. The van der Waals surface area contributed by atoms with Gasteiger partial charge in [0.1, 0.15) is 5.75 Å². The molecule has 0 aliphatic rings. The molecular formula is C28H41N3O5. The van der Waals surface area contributed by atoms with Gasteiger partial charge in [-0.05, 0) is 35.8 Å². The number of hydrogen-bond donors (Lipinski definition) is 1. The molecule has 0 bridgehead atoms. The molecule has 2 aromatic rings. The zero-order valence-corrected chi connectivity index (χ0v) is 23.1. The maximum Gasteiger partial charge on any atom is 0.436 e. The van der Waals surface area contributed by atoms with Crippen LogP contribution in [-0.4, -0.2) is 39.0 Å². The van der Waals surface area contributed by atoms with Crippen LogP contribution in [0.2, 0.25) is 0 Å². The lowest BCUT2D eigenvalue weighted by molar-refractivity contribution is -0.123. The standard InChI is InChI=1S/C28H41N3O5/c1-10-18(11-2)22(32)16-30-12-13-31(25(30)29-26(35)36-9)17-23(33)19-14-20(27(3,4)5)24(34)21(15-19)28(6,7)8/h12-15,18,34H,10-11,16-17H2,1-9H3. The fraction of sp³-hybridized carbons (Fsp3) is 0.571. The number of nitrogens with zero attached hydrogens (tertiary/aromatic N) is 3. The lowest BCUT2D eigenvalue weighted by atomic mass is 9.78. The minimum atomic E-state index is -0.819. The van der Waals surface area contributed by atoms with Crippen LogP contribution in [0.4, 0.5) is 4.79 Å². The van der Waals surface area contributed by atoms with Gasteiger partial charge in [0.2, 0.25) is 5.62 Å². The van der Waals surface area contributed by atoms with Crippen LogP contribution in [0.1, 0.15) is 89.7 Å². The lowest BCUT2D eigenvalue weighted by Crippen LogP contribution is -2.33. The normalized spacial score (nSPS) is 12.8. The molecule has 1 heterocycles. The SMILES string of the molecule is CCC(CC)C(=O)Cn1ccn(CC(=O)c2cc(C(C)(C)C)c(O)c(C(C)(C)C)c2)c1=NC(=O)OC. The van der Waals surface area contributed by atoms with E-state index >= 15 is 0 Å². The molecule has 2 rings (SSSR count). The highest BCUT2D eigenvalue weighted by Gasteiger charge is 2.28. The fourth-order valence-electron chi connectivity index (χ4n) is 4.19. The van der Waals surface area contributed by atoms with Crippen molar-refractivity contribution in [1.29, 1.82) is 0 Å². The van der Waals surface area contributed by atoms with Crippen LogP contribution in [0.3, 0.4) is 0 Å². The molecule has 0 atom stereocenters. The number of ketones is 2. The second-order valence-corrected chi connectivity index (χ2v) is 11.3. The highest BCUT2D eigenvalue weighted by molar-refractivity contribution is 5.96. The Morgan fingerprint density at radius 1 is 0.917 bits per heavy atom. The molecule has 36 heavy (non-hydrogen) atoms. The van der Waals surface area contributed by atoms with E-state index in [1.807, 2.05) is 55.4 Å². The summed E-state index contributed by atoms with van der Waals surface area (Å²) in [5.41, 5.74) is 1.25. The number of methoxy groups -OCH3 is 1. The smallest absolute Gasteiger partial charge is 0.436 e. The molecule has 1 N–H and O–H groups in total. The van der Waals surface area contributed by atoms with E-state index in [9.17, 15) is 19.5 Å². The maximum absolute atomic E-state index is 13.5. The van der Waals surface area contributed by atoms with Crippen molar-refractivity contribution in [3.8, 4) is 5.75 Å². The molecule has 1 aromatic carbocycles. The van der Waals surface area contributed by atoms with Crippen LogP contribution < -0.4 is 5.62 Å². The summed E-state index contributed by atoms with van der Waals surface area (Å²) in [5, 5.41) is 11.0. The van der Waals surface area contributed by atoms with Crippen molar-refractivity contribution in [1.82, 2.24) is 9.13 Å². The summed E-state index contributed by atoms with van der Waals surface area (Å²) >= 11 is 0. The summed E-state index contributed by atoms with van der Waals surface area (Å²) in [5.74, 6) is -0.0521. The predicted molar refractivity (Wildman–Crippen MR) is 139 cm³/mol. The molecule has 1 amide bonds. The Bertz CT molecular complexity index is 1150. The van der Waals surface area contributed by atoms with Gasteiger partial charge < -0.3 is 19.0 Å². The Balaban J connectivity index is 2.56. The molecule has 0 spiro atoms. The Kier molecular flexibility index (Phi) is 9.10. The largest absolute Gasteiger partial charge is 0.507 e. The maximum atomic E-state index is 13.5. The van der Waals surface area contributed by atoms with Gasteiger partial charge in [-0.1, -0.05) is 55.4 Å². The van der Waals surface area contributed by atoms with Crippen molar-refractivity contribution in [3.63, 3.8) is 0 Å². The van der Waals surface area contributed by atoms with Crippen LogP contribution >= 0.6 is 0 Å². The minimum Gasteiger partial charge on any atom is -0.507 e. The molecule has 8 heteroatoms. The Morgan fingerprint density at radius 3 is 1.81 bits per heavy atom. The van der Waals surface area contributed by atoms with Gasteiger partial charge in [0.25, 0.3) is 0 Å². The first-order valence-electron chi connectivity index (χ1n) is 12.5. The fourth-order valence-corrected chi connectivity index (χ4v) is 4.19. The molecule has 1 aromatic heterocycles. The first kappa shape index (κ1) is 29.1.